The van der Waals surface area contributed by atoms with Crippen molar-refractivity contribution in [2.24, 2.45) is 4.99 Å². The van der Waals surface area contributed by atoms with Crippen LogP contribution in [-0.4, -0.2) is 50.1 Å². The highest BCUT2D eigenvalue weighted by Crippen LogP contribution is 2.15. The summed E-state index contributed by atoms with van der Waals surface area (Å²) in [6, 6.07) is 6.30. The van der Waals surface area contributed by atoms with Gasteiger partial charge in [-0.05, 0) is 44.9 Å². The van der Waals surface area contributed by atoms with E-state index in [0.717, 1.165) is 0 Å². The van der Waals surface area contributed by atoms with Crippen LogP contribution < -0.4 is 10.6 Å². The number of hydrogen-bond acceptors (Lipinski definition) is 4. The quantitative estimate of drug-likeness (QED) is 0.563. The summed E-state index contributed by atoms with van der Waals surface area (Å²) in [7, 11) is -3.15. The fraction of sp³-hybridized carbons (Fsp3) is 0.556. The van der Waals surface area contributed by atoms with E-state index in [1.54, 1.807) is 6.92 Å². The van der Waals surface area contributed by atoms with Gasteiger partial charge in [-0.25, -0.2) is 22.1 Å². The standard InChI is InChI=1S/C18H26FN5O2S/c1-3-21-18(22-13-15-11-14(12-20)5-6-17(15)19)23-16-7-9-24(10-8-16)27(25,26)4-2/h5-6,11,16H,3-4,7-10,13H2,1-2H3,(H2,21,22,23). The lowest BCUT2D eigenvalue weighted by Gasteiger charge is -2.32. The molecule has 0 aliphatic carbocycles. The summed E-state index contributed by atoms with van der Waals surface area (Å²) < 4.78 is 39.3. The Bertz CT molecular complexity index is 812. The van der Waals surface area contributed by atoms with Gasteiger partial charge < -0.3 is 10.6 Å². The number of guanidine groups is 1. The van der Waals surface area contributed by atoms with Crippen LogP contribution in [0.4, 0.5) is 4.39 Å². The molecule has 1 aromatic rings. The number of rotatable bonds is 6. The number of nitrogens with zero attached hydrogens (tertiary/aromatic N) is 3. The van der Waals surface area contributed by atoms with Crippen LogP contribution in [0.1, 0.15) is 37.8 Å². The normalized spacial score (nSPS) is 16.7. The summed E-state index contributed by atoms with van der Waals surface area (Å²) in [5.74, 6) is 0.269. The van der Waals surface area contributed by atoms with E-state index in [0.29, 0.717) is 49.6 Å². The largest absolute Gasteiger partial charge is 0.357 e. The van der Waals surface area contributed by atoms with Gasteiger partial charge in [0.1, 0.15) is 5.82 Å². The van der Waals surface area contributed by atoms with E-state index in [2.05, 4.69) is 15.6 Å². The number of aliphatic imine (C=N–C) groups is 1. The van der Waals surface area contributed by atoms with Crippen LogP contribution in [0.25, 0.3) is 0 Å². The number of nitriles is 1. The van der Waals surface area contributed by atoms with Crippen LogP contribution >= 0.6 is 0 Å². The van der Waals surface area contributed by atoms with Gasteiger partial charge in [-0.1, -0.05) is 0 Å². The molecule has 0 aromatic heterocycles. The molecule has 1 aliphatic rings. The van der Waals surface area contributed by atoms with E-state index in [-0.39, 0.29) is 18.3 Å². The molecule has 1 heterocycles. The molecule has 1 aromatic carbocycles. The molecule has 1 saturated heterocycles. The van der Waals surface area contributed by atoms with E-state index in [9.17, 15) is 12.8 Å². The molecule has 2 rings (SSSR count). The van der Waals surface area contributed by atoms with Gasteiger partial charge >= 0.3 is 0 Å². The first-order valence-electron chi connectivity index (χ1n) is 9.10. The maximum absolute atomic E-state index is 13.9. The first-order valence-corrected chi connectivity index (χ1v) is 10.7. The Hall–Kier alpha value is -2.18. The van der Waals surface area contributed by atoms with E-state index in [1.807, 2.05) is 13.0 Å². The van der Waals surface area contributed by atoms with Crippen molar-refractivity contribution in [2.45, 2.75) is 39.3 Å². The Kier molecular flexibility index (Phi) is 7.56. The Balaban J connectivity index is 2.00. The van der Waals surface area contributed by atoms with Gasteiger partial charge in [0.25, 0.3) is 0 Å². The molecule has 1 aliphatic heterocycles. The second kappa shape index (κ2) is 9.67. The molecule has 2 N–H and O–H groups in total. The fourth-order valence-corrected chi connectivity index (χ4v) is 4.04. The predicted molar refractivity (Wildman–Crippen MR) is 103 cm³/mol. The summed E-state index contributed by atoms with van der Waals surface area (Å²) in [5, 5.41) is 15.4. The summed E-state index contributed by atoms with van der Waals surface area (Å²) in [6.45, 7) is 5.30. The average Bonchev–Trinajstić information content (AvgIpc) is 2.67. The summed E-state index contributed by atoms with van der Waals surface area (Å²) >= 11 is 0. The molecule has 0 bridgehead atoms. The molecule has 1 fully saturated rings. The van der Waals surface area contributed by atoms with Crippen molar-refractivity contribution in [1.29, 1.82) is 5.26 Å². The number of nitrogens with one attached hydrogen (secondary N) is 2. The van der Waals surface area contributed by atoms with E-state index < -0.39 is 15.8 Å². The monoisotopic (exact) mass is 395 g/mol. The SMILES string of the molecule is CCNC(=NCc1cc(C#N)ccc1F)NC1CCN(S(=O)(=O)CC)CC1. The lowest BCUT2D eigenvalue weighted by molar-refractivity contribution is 0.306. The summed E-state index contributed by atoms with van der Waals surface area (Å²) in [5.41, 5.74) is 0.749. The third-order valence-corrected chi connectivity index (χ3v) is 6.36. The van der Waals surface area contributed by atoms with E-state index >= 15 is 0 Å². The highest BCUT2D eigenvalue weighted by atomic mass is 32.2. The van der Waals surface area contributed by atoms with Crippen molar-refractivity contribution in [1.82, 2.24) is 14.9 Å². The molecule has 27 heavy (non-hydrogen) atoms. The highest BCUT2D eigenvalue weighted by Gasteiger charge is 2.27. The molecular weight excluding hydrogens is 369 g/mol. The minimum Gasteiger partial charge on any atom is -0.357 e. The van der Waals surface area contributed by atoms with Crippen molar-refractivity contribution in [3.05, 3.63) is 35.1 Å². The summed E-state index contributed by atoms with van der Waals surface area (Å²) in [4.78, 5) is 4.41. The lowest BCUT2D eigenvalue weighted by Crippen LogP contribution is -2.50. The third-order valence-electron chi connectivity index (χ3n) is 4.48. The topological polar surface area (TPSA) is 97.6 Å². The van der Waals surface area contributed by atoms with Gasteiger partial charge in [-0.15, -0.1) is 0 Å². The zero-order valence-corrected chi connectivity index (χ0v) is 16.5. The molecule has 0 radical (unpaired) electrons. The smallest absolute Gasteiger partial charge is 0.213 e. The molecule has 9 heteroatoms. The van der Waals surface area contributed by atoms with Crippen LogP contribution in [0.3, 0.4) is 0 Å². The number of hydrogen-bond donors (Lipinski definition) is 2. The third kappa shape index (κ3) is 5.91. The van der Waals surface area contributed by atoms with Crippen molar-refractivity contribution in [3.63, 3.8) is 0 Å². The molecule has 7 nitrogen and oxygen atoms in total. The van der Waals surface area contributed by atoms with Crippen molar-refractivity contribution >= 4 is 16.0 Å². The minimum absolute atomic E-state index is 0.0985. The predicted octanol–water partition coefficient (Wildman–Crippen LogP) is 1.57. The van der Waals surface area contributed by atoms with Crippen LogP contribution in [-0.2, 0) is 16.6 Å². The van der Waals surface area contributed by atoms with Gasteiger partial charge in [0, 0.05) is 31.2 Å². The Morgan fingerprint density at radius 2 is 2.07 bits per heavy atom. The number of halogens is 1. The van der Waals surface area contributed by atoms with E-state index in [4.69, 9.17) is 5.26 Å². The molecule has 0 saturated carbocycles. The Morgan fingerprint density at radius 1 is 1.37 bits per heavy atom. The van der Waals surface area contributed by atoms with Crippen molar-refractivity contribution in [3.8, 4) is 6.07 Å². The van der Waals surface area contributed by atoms with Crippen LogP contribution in [0, 0.1) is 17.1 Å². The first kappa shape index (κ1) is 21.1. The molecular formula is C18H26FN5O2S. The van der Waals surface area contributed by atoms with Crippen LogP contribution in [0.15, 0.2) is 23.2 Å². The van der Waals surface area contributed by atoms with Crippen LogP contribution in [0.2, 0.25) is 0 Å². The van der Waals surface area contributed by atoms with E-state index in [1.165, 1.54) is 22.5 Å². The number of benzene rings is 1. The van der Waals surface area contributed by atoms with Crippen molar-refractivity contribution in [2.75, 3.05) is 25.4 Å². The minimum atomic E-state index is -3.15. The van der Waals surface area contributed by atoms with Gasteiger partial charge in [-0.3, -0.25) is 0 Å². The van der Waals surface area contributed by atoms with Gasteiger partial charge in [0.15, 0.2) is 5.96 Å². The summed E-state index contributed by atoms with van der Waals surface area (Å²) in [6.07, 6.45) is 1.36. The number of sulfonamides is 1. The Labute approximate surface area is 160 Å². The van der Waals surface area contributed by atoms with Crippen LogP contribution in [0.5, 0.6) is 0 Å². The molecule has 148 valence electrons. The first-order chi connectivity index (χ1) is 12.9. The van der Waals surface area contributed by atoms with Gasteiger partial charge in [0.05, 0.1) is 23.9 Å². The van der Waals surface area contributed by atoms with Gasteiger partial charge in [-0.2, -0.15) is 5.26 Å². The molecule has 0 unspecified atom stereocenters. The fourth-order valence-electron chi connectivity index (χ4n) is 2.90. The van der Waals surface area contributed by atoms with Crippen molar-refractivity contribution < 1.29 is 12.8 Å². The second-order valence-electron chi connectivity index (χ2n) is 6.33. The average molecular weight is 396 g/mol. The maximum atomic E-state index is 13.9. The Morgan fingerprint density at radius 3 is 2.67 bits per heavy atom. The number of piperidine rings is 1. The molecule has 0 atom stereocenters. The van der Waals surface area contributed by atoms with Gasteiger partial charge in [0.2, 0.25) is 10.0 Å². The zero-order valence-electron chi connectivity index (χ0n) is 15.7. The zero-order chi connectivity index (χ0) is 19.9. The molecule has 0 amide bonds. The second-order valence-corrected chi connectivity index (χ2v) is 8.59. The highest BCUT2D eigenvalue weighted by molar-refractivity contribution is 7.89. The maximum Gasteiger partial charge on any atom is 0.213 e. The lowest BCUT2D eigenvalue weighted by atomic mass is 10.1. The molecule has 0 spiro atoms.